The molecule has 0 bridgehead atoms. The zero-order chi connectivity index (χ0) is 21.6. The fourth-order valence-corrected chi connectivity index (χ4v) is 4.45. The molecular weight excluding hydrogens is 454 g/mol. The average Bonchev–Trinajstić information content (AvgIpc) is 2.94. The van der Waals surface area contributed by atoms with Gasteiger partial charge in [-0.05, 0) is 49.9 Å². The Morgan fingerprint density at radius 1 is 1.20 bits per heavy atom. The molecule has 1 N–H and O–H groups in total. The van der Waals surface area contributed by atoms with Crippen molar-refractivity contribution >= 4 is 39.3 Å². The van der Waals surface area contributed by atoms with Gasteiger partial charge in [0.25, 0.3) is 17.5 Å². The van der Waals surface area contributed by atoms with Crippen molar-refractivity contribution in [2.75, 3.05) is 0 Å². The van der Waals surface area contributed by atoms with Gasteiger partial charge in [-0.25, -0.2) is 0 Å². The fourth-order valence-electron chi connectivity index (χ4n) is 4.05. The molecule has 2 aromatic rings. The van der Waals surface area contributed by atoms with Gasteiger partial charge in [-0.15, -0.1) is 0 Å². The first-order chi connectivity index (χ1) is 14.2. The van der Waals surface area contributed by atoms with E-state index < -0.39 is 39.9 Å². The Labute approximate surface area is 180 Å². The Bertz CT molecular complexity index is 1100. The Hall–Kier alpha value is -3.07. The van der Waals surface area contributed by atoms with Crippen molar-refractivity contribution in [2.45, 2.75) is 37.8 Å². The summed E-state index contributed by atoms with van der Waals surface area (Å²) in [6.45, 7) is 1.45. The van der Waals surface area contributed by atoms with Gasteiger partial charge in [-0.3, -0.25) is 29.4 Å². The summed E-state index contributed by atoms with van der Waals surface area (Å²) in [5.74, 6) is -2.01. The molecule has 0 aromatic heterocycles. The van der Waals surface area contributed by atoms with E-state index in [1.165, 1.54) is 25.1 Å². The smallest absolute Gasteiger partial charge is 0.282 e. The van der Waals surface area contributed by atoms with E-state index in [9.17, 15) is 24.5 Å². The van der Waals surface area contributed by atoms with Gasteiger partial charge in [-0.2, -0.15) is 0 Å². The van der Waals surface area contributed by atoms with Crippen molar-refractivity contribution < 1.29 is 19.3 Å². The summed E-state index contributed by atoms with van der Waals surface area (Å²) in [7, 11) is 0. The highest BCUT2D eigenvalue weighted by Crippen LogP contribution is 2.42. The summed E-state index contributed by atoms with van der Waals surface area (Å²) in [5.41, 5.74) is -0.372. The summed E-state index contributed by atoms with van der Waals surface area (Å²) in [5, 5.41) is 14.3. The first-order valence-corrected chi connectivity index (χ1v) is 10.3. The molecule has 3 amide bonds. The van der Waals surface area contributed by atoms with E-state index in [1.807, 2.05) is 24.3 Å². The highest BCUT2D eigenvalue weighted by molar-refractivity contribution is 9.10. The van der Waals surface area contributed by atoms with Crippen molar-refractivity contribution in [3.05, 3.63) is 73.7 Å². The highest BCUT2D eigenvalue weighted by atomic mass is 79.9. The second kappa shape index (κ2) is 7.32. The molecule has 30 heavy (non-hydrogen) atoms. The standard InChI is InChI=1S/C21H18BrN3O5/c1-12(18(26)23-21(9-4-10-21)13-5-2-6-14(22)11-13)24-19(27)15-7-3-8-16(25(29)30)17(15)20(24)28/h2-3,5-8,11-12H,4,9-10H2,1H3,(H,23,26). The zero-order valence-electron chi connectivity index (χ0n) is 16.1. The number of nitrogens with zero attached hydrogens (tertiary/aromatic N) is 2. The molecule has 1 unspecified atom stereocenters. The number of hydrogen-bond acceptors (Lipinski definition) is 5. The van der Waals surface area contributed by atoms with Gasteiger partial charge < -0.3 is 5.32 Å². The lowest BCUT2D eigenvalue weighted by molar-refractivity contribution is -0.385. The van der Waals surface area contributed by atoms with Crippen LogP contribution in [0.15, 0.2) is 46.9 Å². The number of nitro benzene ring substituents is 1. The number of hydrogen-bond donors (Lipinski definition) is 1. The van der Waals surface area contributed by atoms with Crippen molar-refractivity contribution in [1.29, 1.82) is 0 Å². The number of fused-ring (bicyclic) bond motifs is 1. The third-order valence-corrected chi connectivity index (χ3v) is 6.33. The van der Waals surface area contributed by atoms with Crippen molar-refractivity contribution in [3.8, 4) is 0 Å². The second-order valence-corrected chi connectivity index (χ2v) is 8.46. The van der Waals surface area contributed by atoms with Crippen molar-refractivity contribution in [1.82, 2.24) is 10.2 Å². The quantitative estimate of drug-likeness (QED) is 0.407. The molecular formula is C21H18BrN3O5. The molecule has 2 aliphatic rings. The molecule has 0 spiro atoms. The summed E-state index contributed by atoms with van der Waals surface area (Å²) in [4.78, 5) is 50.1. The molecule has 0 radical (unpaired) electrons. The third-order valence-electron chi connectivity index (χ3n) is 5.83. The van der Waals surface area contributed by atoms with Gasteiger partial charge in [0.2, 0.25) is 5.91 Å². The second-order valence-electron chi connectivity index (χ2n) is 7.55. The Kier molecular flexibility index (Phi) is 4.93. The van der Waals surface area contributed by atoms with E-state index in [4.69, 9.17) is 0 Å². The van der Waals surface area contributed by atoms with E-state index in [-0.39, 0.29) is 11.1 Å². The van der Waals surface area contributed by atoms with Crippen LogP contribution in [0.3, 0.4) is 0 Å². The van der Waals surface area contributed by atoms with E-state index >= 15 is 0 Å². The van der Waals surface area contributed by atoms with Gasteiger partial charge in [0.1, 0.15) is 11.6 Å². The summed E-state index contributed by atoms with van der Waals surface area (Å²) in [6, 6.07) is 10.4. The Morgan fingerprint density at radius 3 is 2.50 bits per heavy atom. The molecule has 1 saturated carbocycles. The van der Waals surface area contributed by atoms with E-state index in [0.29, 0.717) is 0 Å². The third kappa shape index (κ3) is 3.09. The van der Waals surface area contributed by atoms with Crippen molar-refractivity contribution in [3.63, 3.8) is 0 Å². The summed E-state index contributed by atoms with van der Waals surface area (Å²) in [6.07, 6.45) is 2.44. The highest BCUT2D eigenvalue weighted by Gasteiger charge is 2.47. The first-order valence-electron chi connectivity index (χ1n) is 9.48. The minimum Gasteiger partial charge on any atom is -0.345 e. The lowest BCUT2D eigenvalue weighted by atomic mass is 9.71. The molecule has 1 aliphatic carbocycles. The fraction of sp³-hybridized carbons (Fsp3) is 0.286. The minimum atomic E-state index is -1.11. The number of halogens is 1. The van der Waals surface area contributed by atoms with Gasteiger partial charge >= 0.3 is 0 Å². The van der Waals surface area contributed by atoms with Crippen LogP contribution in [-0.2, 0) is 10.3 Å². The maximum Gasteiger partial charge on any atom is 0.282 e. The minimum absolute atomic E-state index is 0.0563. The molecule has 0 saturated heterocycles. The zero-order valence-corrected chi connectivity index (χ0v) is 17.6. The van der Waals surface area contributed by atoms with Crippen LogP contribution in [0.2, 0.25) is 0 Å². The molecule has 4 rings (SSSR count). The maximum atomic E-state index is 13.1. The van der Waals surface area contributed by atoms with Crippen molar-refractivity contribution in [2.24, 2.45) is 0 Å². The Morgan fingerprint density at radius 2 is 1.90 bits per heavy atom. The monoisotopic (exact) mass is 471 g/mol. The van der Waals surface area contributed by atoms with Crippen LogP contribution in [-0.4, -0.2) is 33.6 Å². The summed E-state index contributed by atoms with van der Waals surface area (Å²) >= 11 is 3.44. The molecule has 1 heterocycles. The number of amides is 3. The first kappa shape index (κ1) is 20.2. The van der Waals surface area contributed by atoms with E-state index in [2.05, 4.69) is 21.2 Å². The molecule has 1 fully saturated rings. The topological polar surface area (TPSA) is 110 Å². The van der Waals surface area contributed by atoms with Crippen LogP contribution in [0.1, 0.15) is 52.5 Å². The largest absolute Gasteiger partial charge is 0.345 e. The molecule has 2 aromatic carbocycles. The molecule has 1 aliphatic heterocycles. The van der Waals surface area contributed by atoms with E-state index in [0.717, 1.165) is 34.2 Å². The molecule has 8 nitrogen and oxygen atoms in total. The molecule has 1 atom stereocenters. The number of nitrogens with one attached hydrogen (secondary N) is 1. The van der Waals surface area contributed by atoms with Crippen LogP contribution in [0.25, 0.3) is 0 Å². The number of carbonyl (C=O) groups is 3. The number of nitro groups is 1. The van der Waals surface area contributed by atoms with Gasteiger partial charge in [0.15, 0.2) is 0 Å². The van der Waals surface area contributed by atoms with Gasteiger partial charge in [0.05, 0.1) is 16.0 Å². The average molecular weight is 472 g/mol. The lowest BCUT2D eigenvalue weighted by Gasteiger charge is -2.44. The molecule has 154 valence electrons. The lowest BCUT2D eigenvalue weighted by Crippen LogP contribution is -2.57. The predicted octanol–water partition coefficient (Wildman–Crippen LogP) is 3.54. The van der Waals surface area contributed by atoms with Gasteiger partial charge in [0, 0.05) is 10.5 Å². The number of imide groups is 1. The number of benzene rings is 2. The summed E-state index contributed by atoms with van der Waals surface area (Å²) < 4.78 is 0.890. The van der Waals surface area contributed by atoms with E-state index in [1.54, 1.807) is 0 Å². The SMILES string of the molecule is CC(C(=O)NC1(c2cccc(Br)c2)CCC1)N1C(=O)c2cccc([N+](=O)[O-])c2C1=O. The predicted molar refractivity (Wildman–Crippen MR) is 111 cm³/mol. The normalized spacial score (nSPS) is 17.9. The van der Waals surface area contributed by atoms with Crippen LogP contribution >= 0.6 is 15.9 Å². The number of carbonyl (C=O) groups excluding carboxylic acids is 3. The molecule has 9 heteroatoms. The Balaban J connectivity index is 1.60. The van der Waals surface area contributed by atoms with Crippen LogP contribution in [0.4, 0.5) is 5.69 Å². The maximum absolute atomic E-state index is 13.1. The van der Waals surface area contributed by atoms with Crippen LogP contribution in [0.5, 0.6) is 0 Å². The van der Waals surface area contributed by atoms with Crippen LogP contribution in [0, 0.1) is 10.1 Å². The number of rotatable bonds is 5. The van der Waals surface area contributed by atoms with Gasteiger partial charge in [-0.1, -0.05) is 34.1 Å². The van der Waals surface area contributed by atoms with Crippen LogP contribution < -0.4 is 5.32 Å².